The van der Waals surface area contributed by atoms with Crippen molar-refractivity contribution in [1.82, 2.24) is 0 Å². The summed E-state index contributed by atoms with van der Waals surface area (Å²) in [7, 11) is -0.0207. The number of nitrogens with zero attached hydrogens (tertiary/aromatic N) is 1. The van der Waals surface area contributed by atoms with Crippen molar-refractivity contribution in [3.63, 3.8) is 0 Å². The molecule has 0 saturated heterocycles. The van der Waals surface area contributed by atoms with E-state index in [1.54, 1.807) is 0 Å². The van der Waals surface area contributed by atoms with Crippen molar-refractivity contribution in [2.45, 2.75) is 78.0 Å². The molecule has 0 fully saturated rings. The Morgan fingerprint density at radius 2 is 1.16 bits per heavy atom. The molecule has 0 bridgehead atoms. The van der Waals surface area contributed by atoms with Gasteiger partial charge in [-0.15, -0.1) is 38.0 Å². The molecule has 7 heteroatoms. The number of rotatable bonds is 10. The van der Waals surface area contributed by atoms with E-state index in [-0.39, 0.29) is 49.9 Å². The van der Waals surface area contributed by atoms with E-state index in [1.807, 2.05) is 0 Å². The van der Waals surface area contributed by atoms with Gasteiger partial charge in [-0.2, -0.15) is 0 Å². The molecule has 0 saturated carbocycles. The zero-order valence-electron chi connectivity index (χ0n) is 17.1. The van der Waals surface area contributed by atoms with Crippen molar-refractivity contribution in [3.8, 4) is 0 Å². The molecule has 0 unspecified atom stereocenters. The second-order valence-corrected chi connectivity index (χ2v) is 14.2. The molecule has 151 valence electrons. The first kappa shape index (κ1) is 37.1. The van der Waals surface area contributed by atoms with Crippen LogP contribution in [0.5, 0.6) is 0 Å². The fourth-order valence-corrected chi connectivity index (χ4v) is 8.36. The van der Waals surface area contributed by atoms with Crippen molar-refractivity contribution in [2.24, 2.45) is 0 Å². The Morgan fingerprint density at radius 3 is 1.44 bits per heavy atom. The SMILES string of the molecule is Br.CC(C)P(CC[N-]CC[PH+](C(C)C)C(C)C)C(C)C.[C-]#[O+].[C-]#[O+].[Mn]. The van der Waals surface area contributed by atoms with Crippen LogP contribution in [-0.2, 0) is 26.4 Å². The average Bonchev–Trinajstić information content (AvgIpc) is 2.48. The van der Waals surface area contributed by atoms with Gasteiger partial charge in [0.05, 0.1) is 11.3 Å². The molecule has 0 aromatic heterocycles. The first-order valence-electron chi connectivity index (χ1n) is 8.42. The predicted molar refractivity (Wildman–Crippen MR) is 117 cm³/mol. The quantitative estimate of drug-likeness (QED) is 0.114. The van der Waals surface area contributed by atoms with Gasteiger partial charge >= 0.3 is 22.6 Å². The largest absolute Gasteiger partial charge is 0 e. The zero-order valence-corrected chi connectivity index (χ0v) is 21.9. The summed E-state index contributed by atoms with van der Waals surface area (Å²) in [6.45, 7) is 30.3. The van der Waals surface area contributed by atoms with Gasteiger partial charge in [0.2, 0.25) is 0 Å². The Hall–Kier alpha value is 1.30. The van der Waals surface area contributed by atoms with Crippen LogP contribution in [0.25, 0.3) is 5.32 Å². The van der Waals surface area contributed by atoms with Crippen LogP contribution in [0.1, 0.15) is 55.4 Å². The molecule has 0 spiro atoms. The third-order valence-corrected chi connectivity index (χ3v) is 11.0. The zero-order chi connectivity index (χ0) is 19.0. The third kappa shape index (κ3) is 21.5. The molecule has 1 radical (unpaired) electrons. The number of halogens is 1. The van der Waals surface area contributed by atoms with Gasteiger partial charge in [-0.25, -0.2) is 0 Å². The molecule has 25 heavy (non-hydrogen) atoms. The van der Waals surface area contributed by atoms with Crippen molar-refractivity contribution >= 4 is 32.8 Å². The second kappa shape index (κ2) is 25.3. The summed E-state index contributed by atoms with van der Waals surface area (Å²) in [5.41, 5.74) is 3.50. The minimum absolute atomic E-state index is 0. The summed E-state index contributed by atoms with van der Waals surface area (Å²) in [5.74, 6) is 0. The molecule has 0 amide bonds. The minimum atomic E-state index is -0.200. The van der Waals surface area contributed by atoms with Crippen LogP contribution >= 0.6 is 32.8 Å². The van der Waals surface area contributed by atoms with Crippen molar-refractivity contribution in [3.05, 3.63) is 18.6 Å². The molecular formula is C18H38BrMnNO2P2. The van der Waals surface area contributed by atoms with Gasteiger partial charge in [0.15, 0.2) is 0 Å². The van der Waals surface area contributed by atoms with E-state index in [0.717, 1.165) is 35.7 Å². The maximum atomic E-state index is 7.50. The number of hydrogen-bond acceptors (Lipinski definition) is 0. The summed E-state index contributed by atoms with van der Waals surface area (Å²) >= 11 is 0. The molecule has 3 nitrogen and oxygen atoms in total. The van der Waals surface area contributed by atoms with Gasteiger partial charge in [0.25, 0.3) is 0 Å². The molecule has 0 rings (SSSR count). The van der Waals surface area contributed by atoms with Gasteiger partial charge in [-0.3, -0.25) is 0 Å². The summed E-state index contributed by atoms with van der Waals surface area (Å²) in [6.07, 6.45) is 2.72. The maximum absolute atomic E-state index is 7.50. The van der Waals surface area contributed by atoms with E-state index in [9.17, 15) is 0 Å². The normalized spacial score (nSPS) is 10.0. The molecule has 0 aromatic rings. The van der Waals surface area contributed by atoms with Crippen LogP contribution in [0.15, 0.2) is 0 Å². The van der Waals surface area contributed by atoms with Gasteiger partial charge in [-0.05, 0) is 39.0 Å². The molecule has 0 aromatic carbocycles. The van der Waals surface area contributed by atoms with Crippen molar-refractivity contribution < 1.29 is 26.4 Å². The van der Waals surface area contributed by atoms with Crippen LogP contribution in [0.2, 0.25) is 0 Å². The maximum Gasteiger partial charge on any atom is 0 e. The Morgan fingerprint density at radius 1 is 0.800 bits per heavy atom. The van der Waals surface area contributed by atoms with Gasteiger partial charge in [-0.1, -0.05) is 33.9 Å². The van der Waals surface area contributed by atoms with E-state index >= 15 is 0 Å². The molecule has 0 N–H and O–H groups in total. The van der Waals surface area contributed by atoms with Crippen LogP contribution in [0.4, 0.5) is 0 Å². The molecule has 0 aliphatic rings. The second-order valence-electron chi connectivity index (χ2n) is 6.73. The smallest absolute Gasteiger partial charge is 0 e. The topological polar surface area (TPSA) is 53.9 Å². The summed E-state index contributed by atoms with van der Waals surface area (Å²) < 4.78 is 15.0. The molecule has 0 heterocycles. The summed E-state index contributed by atoms with van der Waals surface area (Å²) in [5, 5.41) is 4.82. The fraction of sp³-hybridized carbons (Fsp3) is 0.889. The number of hydrogen-bond donors (Lipinski definition) is 0. The van der Waals surface area contributed by atoms with Crippen LogP contribution in [0, 0.1) is 13.3 Å². The third-order valence-electron chi connectivity index (χ3n) is 3.88. The standard InChI is InChI=1S/C16H36NP2.2CO.BrH.Mn/c1-13(2)18(14(3)4)11-9-17-10-12-19(15(5)6)16(7)8;2*1-2;;/h13-16H,9-12H2,1-8H3;;;1H;/q-1;;;;/p+1. The Labute approximate surface area is 180 Å². The van der Waals surface area contributed by atoms with E-state index in [0.29, 0.717) is 0 Å². The Bertz CT molecular complexity index is 257. The van der Waals surface area contributed by atoms with E-state index in [4.69, 9.17) is 14.6 Å². The van der Waals surface area contributed by atoms with Crippen LogP contribution < -0.4 is 0 Å². The Kier molecular flexibility index (Phi) is 37.5. The fourth-order valence-electron chi connectivity index (χ4n) is 2.86. The van der Waals surface area contributed by atoms with Gasteiger partial charge in [0, 0.05) is 31.2 Å². The summed E-state index contributed by atoms with van der Waals surface area (Å²) in [4.78, 5) is 0. The Balaban J connectivity index is -0.000000206. The van der Waals surface area contributed by atoms with Crippen LogP contribution in [-0.4, -0.2) is 48.0 Å². The van der Waals surface area contributed by atoms with Gasteiger partial charge in [0.1, 0.15) is 0 Å². The molecule has 0 aliphatic carbocycles. The first-order valence-corrected chi connectivity index (χ1v) is 12.0. The van der Waals surface area contributed by atoms with Crippen molar-refractivity contribution in [1.29, 1.82) is 0 Å². The monoisotopic (exact) mass is 496 g/mol. The predicted octanol–water partition coefficient (Wildman–Crippen LogP) is 6.19. The average molecular weight is 497 g/mol. The van der Waals surface area contributed by atoms with Crippen molar-refractivity contribution in [2.75, 3.05) is 25.4 Å². The molecular weight excluding hydrogens is 459 g/mol. The van der Waals surface area contributed by atoms with E-state index in [1.165, 1.54) is 12.3 Å². The minimum Gasteiger partial charge on any atom is 0 e. The molecule has 0 atom stereocenters. The van der Waals surface area contributed by atoms with E-state index < -0.39 is 0 Å². The van der Waals surface area contributed by atoms with Crippen LogP contribution in [0.3, 0.4) is 0 Å². The molecule has 0 aliphatic heterocycles. The first-order chi connectivity index (χ1) is 10.8. The van der Waals surface area contributed by atoms with Gasteiger partial charge < -0.3 is 5.32 Å². The summed E-state index contributed by atoms with van der Waals surface area (Å²) in [6, 6.07) is 0. The van der Waals surface area contributed by atoms with E-state index in [2.05, 4.69) is 68.7 Å².